The third-order valence-electron chi connectivity index (χ3n) is 5.54. The van der Waals surface area contributed by atoms with E-state index in [0.717, 1.165) is 5.56 Å². The quantitative estimate of drug-likeness (QED) is 0.470. The predicted octanol–water partition coefficient (Wildman–Crippen LogP) is 3.27. The van der Waals surface area contributed by atoms with Gasteiger partial charge < -0.3 is 28.6 Å². The van der Waals surface area contributed by atoms with E-state index in [4.69, 9.17) is 30.5 Å². The van der Waals surface area contributed by atoms with Crippen LogP contribution in [-0.2, 0) is 17.8 Å². The monoisotopic (exact) mass is 487 g/mol. The predicted molar refractivity (Wildman–Crippen MR) is 129 cm³/mol. The van der Waals surface area contributed by atoms with Crippen LogP contribution in [0.4, 0.5) is 0 Å². The largest absolute Gasteiger partial charge is 0.493 e. The number of methoxy groups -OCH3 is 1. The molecule has 3 aromatic rings. The van der Waals surface area contributed by atoms with E-state index in [1.165, 1.54) is 0 Å². The fourth-order valence-electron chi connectivity index (χ4n) is 3.86. The Bertz CT molecular complexity index is 1050. The number of imidazole rings is 1. The Kier molecular flexibility index (Phi) is 8.29. The first kappa shape index (κ1) is 24.3. The fraction of sp³-hybridized carbons (Fsp3) is 0.400. The minimum atomic E-state index is -1.14. The summed E-state index contributed by atoms with van der Waals surface area (Å²) in [4.78, 5) is 6.20. The fourth-order valence-corrected chi connectivity index (χ4v) is 4.04. The van der Waals surface area contributed by atoms with Gasteiger partial charge in [-0.3, -0.25) is 4.90 Å². The number of hydrogen-bond donors (Lipinski definition) is 1. The smallest absolute Gasteiger partial charge is 0.161 e. The lowest BCUT2D eigenvalue weighted by molar-refractivity contribution is -0.0646. The summed E-state index contributed by atoms with van der Waals surface area (Å²) in [6.45, 7) is 3.77. The standard InChI is InChI=1S/C25H30ClN3O5/c1-31-23-6-5-20(13-24(23)33-12-10-28-8-7-27-19-28)15-29-9-11-32-17-25(30,16-29)18-34-22-4-2-3-21(26)14-22/h2-8,13-14,19,30H,9-12,15-18H2,1H3/t25-/m0/s1. The SMILES string of the molecule is COc1ccc(CN2CCOC[C@](O)(COc3cccc(Cl)c3)C2)cc1OCCn1ccnc1. The van der Waals surface area contributed by atoms with Crippen LogP contribution < -0.4 is 14.2 Å². The molecule has 182 valence electrons. The molecule has 0 radical (unpaired) electrons. The Morgan fingerprint density at radius 1 is 1.18 bits per heavy atom. The molecule has 0 amide bonds. The van der Waals surface area contributed by atoms with Gasteiger partial charge in [0, 0.05) is 37.1 Å². The van der Waals surface area contributed by atoms with Crippen LogP contribution in [-0.4, -0.2) is 71.8 Å². The molecule has 0 aliphatic carbocycles. The number of aliphatic hydroxyl groups is 1. The first-order valence-electron chi connectivity index (χ1n) is 11.2. The van der Waals surface area contributed by atoms with Crippen LogP contribution in [0.2, 0.25) is 5.02 Å². The van der Waals surface area contributed by atoms with Gasteiger partial charge in [-0.05, 0) is 35.9 Å². The van der Waals surface area contributed by atoms with E-state index in [-0.39, 0.29) is 13.2 Å². The molecule has 8 nitrogen and oxygen atoms in total. The van der Waals surface area contributed by atoms with Crippen molar-refractivity contribution in [3.8, 4) is 17.2 Å². The number of ether oxygens (including phenoxy) is 4. The maximum absolute atomic E-state index is 11.2. The van der Waals surface area contributed by atoms with E-state index in [9.17, 15) is 5.11 Å². The van der Waals surface area contributed by atoms with Crippen LogP contribution in [0.1, 0.15) is 5.56 Å². The average Bonchev–Trinajstić information content (AvgIpc) is 3.27. The molecule has 0 bridgehead atoms. The van der Waals surface area contributed by atoms with Crippen molar-refractivity contribution in [3.63, 3.8) is 0 Å². The molecular weight excluding hydrogens is 458 g/mol. The van der Waals surface area contributed by atoms with Crippen LogP contribution in [0.25, 0.3) is 0 Å². The number of nitrogens with zero attached hydrogens (tertiary/aromatic N) is 3. The second-order valence-corrected chi connectivity index (χ2v) is 8.80. The summed E-state index contributed by atoms with van der Waals surface area (Å²) in [7, 11) is 1.63. The molecule has 1 aliphatic heterocycles. The summed E-state index contributed by atoms with van der Waals surface area (Å²) in [5.74, 6) is 1.98. The van der Waals surface area contributed by atoms with Crippen molar-refractivity contribution >= 4 is 11.6 Å². The molecule has 2 aromatic carbocycles. The van der Waals surface area contributed by atoms with Gasteiger partial charge >= 0.3 is 0 Å². The zero-order chi connectivity index (χ0) is 23.8. The van der Waals surface area contributed by atoms with Gasteiger partial charge in [-0.25, -0.2) is 4.98 Å². The Morgan fingerprint density at radius 3 is 2.88 bits per heavy atom. The normalized spacial score (nSPS) is 18.9. The summed E-state index contributed by atoms with van der Waals surface area (Å²) in [5, 5.41) is 11.8. The van der Waals surface area contributed by atoms with Crippen LogP contribution in [0.5, 0.6) is 17.2 Å². The first-order valence-corrected chi connectivity index (χ1v) is 11.6. The summed E-state index contributed by atoms with van der Waals surface area (Å²) >= 11 is 6.03. The number of aromatic nitrogens is 2. The van der Waals surface area contributed by atoms with Crippen molar-refractivity contribution in [2.45, 2.75) is 18.7 Å². The first-order chi connectivity index (χ1) is 16.5. The highest BCUT2D eigenvalue weighted by molar-refractivity contribution is 6.30. The van der Waals surface area contributed by atoms with Crippen molar-refractivity contribution in [1.82, 2.24) is 14.5 Å². The van der Waals surface area contributed by atoms with Gasteiger partial charge in [0.15, 0.2) is 11.5 Å². The van der Waals surface area contributed by atoms with Crippen molar-refractivity contribution in [3.05, 3.63) is 71.8 Å². The number of rotatable bonds is 10. The van der Waals surface area contributed by atoms with Crippen molar-refractivity contribution in [2.24, 2.45) is 0 Å². The number of hydrogen-bond acceptors (Lipinski definition) is 7. The average molecular weight is 488 g/mol. The van der Waals surface area contributed by atoms with E-state index < -0.39 is 5.60 Å². The van der Waals surface area contributed by atoms with E-state index in [1.807, 2.05) is 41.1 Å². The van der Waals surface area contributed by atoms with Gasteiger partial charge in [-0.15, -0.1) is 0 Å². The van der Waals surface area contributed by atoms with Crippen molar-refractivity contribution < 1.29 is 24.1 Å². The molecule has 1 N–H and O–H groups in total. The highest BCUT2D eigenvalue weighted by Crippen LogP contribution is 2.29. The summed E-state index contributed by atoms with van der Waals surface area (Å²) in [6.07, 6.45) is 5.40. The van der Waals surface area contributed by atoms with Gasteiger partial charge in [0.25, 0.3) is 0 Å². The molecule has 1 aliphatic rings. The second-order valence-electron chi connectivity index (χ2n) is 8.37. The van der Waals surface area contributed by atoms with Crippen molar-refractivity contribution in [1.29, 1.82) is 0 Å². The molecule has 0 saturated carbocycles. The topological polar surface area (TPSA) is 78.2 Å². The molecule has 0 spiro atoms. The zero-order valence-electron chi connectivity index (χ0n) is 19.2. The summed E-state index contributed by atoms with van der Waals surface area (Å²) in [6, 6.07) is 13.0. The maximum atomic E-state index is 11.2. The van der Waals surface area contributed by atoms with E-state index >= 15 is 0 Å². The Hall–Kier alpha value is -2.78. The Labute approximate surface area is 204 Å². The minimum Gasteiger partial charge on any atom is -0.493 e. The van der Waals surface area contributed by atoms with Crippen LogP contribution in [0.15, 0.2) is 61.2 Å². The lowest BCUT2D eigenvalue weighted by Gasteiger charge is -2.30. The molecule has 0 unspecified atom stereocenters. The number of β-amino-alcohol motifs (C(OH)–C–C–N with tert-alkyl or cyclic N) is 1. The van der Waals surface area contributed by atoms with Crippen LogP contribution in [0.3, 0.4) is 0 Å². The molecule has 4 rings (SSSR count). The molecule has 1 aromatic heterocycles. The molecule has 2 heterocycles. The molecule has 34 heavy (non-hydrogen) atoms. The van der Waals surface area contributed by atoms with Crippen LogP contribution in [0, 0.1) is 0 Å². The van der Waals surface area contributed by atoms with E-state index in [0.29, 0.717) is 61.7 Å². The van der Waals surface area contributed by atoms with E-state index in [2.05, 4.69) is 9.88 Å². The lowest BCUT2D eigenvalue weighted by atomic mass is 10.1. The van der Waals surface area contributed by atoms with Gasteiger partial charge in [0.2, 0.25) is 0 Å². The molecule has 9 heteroatoms. The summed E-state index contributed by atoms with van der Waals surface area (Å²) < 4.78 is 24.9. The highest BCUT2D eigenvalue weighted by atomic mass is 35.5. The highest BCUT2D eigenvalue weighted by Gasteiger charge is 2.33. The van der Waals surface area contributed by atoms with Gasteiger partial charge in [-0.2, -0.15) is 0 Å². The van der Waals surface area contributed by atoms with Gasteiger partial charge in [0.1, 0.15) is 24.6 Å². The van der Waals surface area contributed by atoms with Crippen molar-refractivity contribution in [2.75, 3.05) is 46.6 Å². The molecule has 1 saturated heterocycles. The summed E-state index contributed by atoms with van der Waals surface area (Å²) in [5.41, 5.74) is -0.0893. The zero-order valence-corrected chi connectivity index (χ0v) is 20.0. The minimum absolute atomic E-state index is 0.106. The molecule has 1 fully saturated rings. The number of benzene rings is 2. The third-order valence-corrected chi connectivity index (χ3v) is 5.78. The van der Waals surface area contributed by atoms with Crippen LogP contribution >= 0.6 is 11.6 Å². The Morgan fingerprint density at radius 2 is 2.09 bits per heavy atom. The van der Waals surface area contributed by atoms with Gasteiger partial charge in [-0.1, -0.05) is 23.7 Å². The maximum Gasteiger partial charge on any atom is 0.161 e. The third kappa shape index (κ3) is 6.87. The second kappa shape index (κ2) is 11.6. The molecular formula is C25H30ClN3O5. The molecule has 1 atom stereocenters. The van der Waals surface area contributed by atoms with Gasteiger partial charge in [0.05, 0.1) is 33.2 Å². The van der Waals surface area contributed by atoms with E-state index in [1.54, 1.807) is 31.8 Å². The Balaban J connectivity index is 1.38. The number of halogens is 1. The lowest BCUT2D eigenvalue weighted by Crippen LogP contribution is -2.48.